The van der Waals surface area contributed by atoms with Crippen LogP contribution in [0.1, 0.15) is 45.1 Å². The number of hydrogen-bond acceptors (Lipinski definition) is 8. The normalized spacial score (nSPS) is 13.6. The van der Waals surface area contributed by atoms with Crippen molar-refractivity contribution in [2.45, 2.75) is 70.1 Å². The van der Waals surface area contributed by atoms with Crippen molar-refractivity contribution in [3.8, 4) is 0 Å². The Labute approximate surface area is 256 Å². The highest BCUT2D eigenvalue weighted by Gasteiger charge is 2.30. The van der Waals surface area contributed by atoms with E-state index in [1.54, 1.807) is 30.3 Å². The average molecular weight is 626 g/mol. The smallest absolute Gasteiger partial charge is 0.326 e. The van der Waals surface area contributed by atoms with Gasteiger partial charge >= 0.3 is 5.97 Å². The summed E-state index contributed by atoms with van der Waals surface area (Å²) in [5.74, 6) is -4.66. The molecule has 0 saturated heterocycles. The van der Waals surface area contributed by atoms with Gasteiger partial charge in [0.1, 0.15) is 18.1 Å². The van der Waals surface area contributed by atoms with E-state index in [1.165, 1.54) is 0 Å². The Morgan fingerprint density at radius 1 is 0.814 bits per heavy atom. The quantitative estimate of drug-likeness (QED) is 0.0637. The first-order valence-corrected chi connectivity index (χ1v) is 14.6. The zero-order valence-corrected chi connectivity index (χ0v) is 25.3. The van der Waals surface area contributed by atoms with Crippen LogP contribution in [0.25, 0.3) is 0 Å². The highest BCUT2D eigenvalue weighted by Crippen LogP contribution is 2.09. The van der Waals surface area contributed by atoms with Gasteiger partial charge in [-0.25, -0.2) is 4.79 Å². The van der Waals surface area contributed by atoms with Crippen molar-refractivity contribution in [1.29, 1.82) is 0 Å². The molecule has 10 N–H and O–H groups in total. The van der Waals surface area contributed by atoms with Crippen molar-refractivity contribution in [2.24, 2.45) is 17.4 Å². The minimum Gasteiger partial charge on any atom is -0.480 e. The maximum atomic E-state index is 13.4. The number of amides is 5. The van der Waals surface area contributed by atoms with Crippen molar-refractivity contribution in [1.82, 2.24) is 26.6 Å². The number of benzene rings is 1. The summed E-state index contributed by atoms with van der Waals surface area (Å²) in [5.41, 5.74) is 11.7. The van der Waals surface area contributed by atoms with Crippen LogP contribution in [0.4, 0.5) is 0 Å². The first-order chi connectivity index (χ1) is 20.4. The maximum Gasteiger partial charge on any atom is 0.326 e. The van der Waals surface area contributed by atoms with Gasteiger partial charge < -0.3 is 43.2 Å². The Hall–Kier alpha value is -3.75. The van der Waals surface area contributed by atoms with Gasteiger partial charge in [-0.3, -0.25) is 24.0 Å². The molecular weight excluding hydrogens is 582 g/mol. The second-order valence-electron chi connectivity index (χ2n) is 10.4. The minimum atomic E-state index is -1.20. The molecule has 14 nitrogen and oxygen atoms in total. The molecule has 43 heavy (non-hydrogen) atoms. The van der Waals surface area contributed by atoms with Crippen molar-refractivity contribution in [3.05, 3.63) is 35.9 Å². The van der Waals surface area contributed by atoms with Crippen LogP contribution in [0.3, 0.4) is 0 Å². The molecule has 0 aliphatic heterocycles. The zero-order chi connectivity index (χ0) is 32.4. The van der Waals surface area contributed by atoms with Crippen LogP contribution >= 0.6 is 11.6 Å². The lowest BCUT2D eigenvalue weighted by Crippen LogP contribution is -2.57. The number of unbranched alkanes of at least 4 members (excludes halogenated alkanes) is 1. The molecule has 0 bridgehead atoms. The summed E-state index contributed by atoms with van der Waals surface area (Å²) in [6, 6.07) is 4.52. The van der Waals surface area contributed by atoms with E-state index in [0.29, 0.717) is 19.4 Å². The fraction of sp³-hybridized carbons (Fsp3) is 0.571. The van der Waals surface area contributed by atoms with Crippen LogP contribution in [0.15, 0.2) is 30.3 Å². The van der Waals surface area contributed by atoms with Crippen molar-refractivity contribution in [3.63, 3.8) is 0 Å². The Kier molecular flexibility index (Phi) is 17.5. The van der Waals surface area contributed by atoms with Gasteiger partial charge in [0, 0.05) is 12.3 Å². The van der Waals surface area contributed by atoms with Gasteiger partial charge in [0.2, 0.25) is 29.5 Å². The lowest BCUT2D eigenvalue weighted by molar-refractivity contribution is -0.142. The Morgan fingerprint density at radius 3 is 2.00 bits per heavy atom. The van der Waals surface area contributed by atoms with Gasteiger partial charge in [-0.1, -0.05) is 44.2 Å². The van der Waals surface area contributed by atoms with Crippen LogP contribution in [-0.4, -0.2) is 90.3 Å². The topological polar surface area (TPSA) is 235 Å². The van der Waals surface area contributed by atoms with Crippen molar-refractivity contribution in [2.75, 3.05) is 25.5 Å². The van der Waals surface area contributed by atoms with E-state index in [4.69, 9.17) is 23.1 Å². The molecule has 0 aromatic heterocycles. The zero-order valence-electron chi connectivity index (χ0n) is 24.6. The Balaban J connectivity index is 2.95. The number of nitrogens with two attached hydrogens (primary N) is 2. The number of carboxylic acids is 1. The SMILES string of the molecule is CC(C)C[C@H](NC(=O)[C@H](Cc1ccccc1)NC(=O)CNC(=O)CNC(=O)[C@@H](N)CCl)C(=O)N[C@@H](CCCCN)C(=O)O. The van der Waals surface area contributed by atoms with Crippen molar-refractivity contribution >= 4 is 47.1 Å². The molecule has 0 fully saturated rings. The number of aliphatic carboxylic acids is 1. The fourth-order valence-electron chi connectivity index (χ4n) is 3.91. The summed E-state index contributed by atoms with van der Waals surface area (Å²) in [4.78, 5) is 74.7. The van der Waals surface area contributed by atoms with Gasteiger partial charge in [0.05, 0.1) is 19.1 Å². The maximum absolute atomic E-state index is 13.4. The number of nitrogens with one attached hydrogen (secondary N) is 5. The van der Waals surface area contributed by atoms with Gasteiger partial charge in [-0.05, 0) is 43.7 Å². The monoisotopic (exact) mass is 625 g/mol. The van der Waals surface area contributed by atoms with Gasteiger partial charge in [-0.15, -0.1) is 11.6 Å². The molecule has 4 atom stereocenters. The summed E-state index contributed by atoms with van der Waals surface area (Å²) < 4.78 is 0. The molecule has 0 aliphatic carbocycles. The number of hydrogen-bond donors (Lipinski definition) is 8. The van der Waals surface area contributed by atoms with Crippen LogP contribution < -0.4 is 38.1 Å². The molecule has 0 saturated carbocycles. The molecule has 0 spiro atoms. The number of carboxylic acid groups (broad SMARTS) is 1. The first kappa shape index (κ1) is 37.3. The minimum absolute atomic E-state index is 0.0339. The largest absolute Gasteiger partial charge is 0.480 e. The number of carbonyl (C=O) groups excluding carboxylic acids is 5. The van der Waals surface area contributed by atoms with Gasteiger partial charge in [-0.2, -0.15) is 0 Å². The highest BCUT2D eigenvalue weighted by molar-refractivity contribution is 6.19. The molecule has 240 valence electrons. The average Bonchev–Trinajstić information content (AvgIpc) is 2.97. The van der Waals surface area contributed by atoms with Crippen LogP contribution in [0.5, 0.6) is 0 Å². The number of alkyl halides is 1. The summed E-state index contributed by atoms with van der Waals surface area (Å²) in [6.45, 7) is 3.17. The molecule has 0 radical (unpaired) electrons. The third-order valence-corrected chi connectivity index (χ3v) is 6.54. The molecule has 1 rings (SSSR count). The van der Waals surface area contributed by atoms with E-state index < -0.39 is 72.8 Å². The van der Waals surface area contributed by atoms with Crippen LogP contribution in [0, 0.1) is 5.92 Å². The summed E-state index contributed by atoms with van der Waals surface area (Å²) in [5, 5.41) is 21.9. The lowest BCUT2D eigenvalue weighted by Gasteiger charge is -2.25. The first-order valence-electron chi connectivity index (χ1n) is 14.1. The summed E-state index contributed by atoms with van der Waals surface area (Å²) in [7, 11) is 0. The van der Waals surface area contributed by atoms with E-state index in [1.807, 2.05) is 13.8 Å². The third-order valence-electron chi connectivity index (χ3n) is 6.21. The Morgan fingerprint density at radius 2 is 1.42 bits per heavy atom. The van der Waals surface area contributed by atoms with E-state index in [0.717, 1.165) is 5.56 Å². The molecule has 5 amide bonds. The number of carbonyl (C=O) groups is 6. The third kappa shape index (κ3) is 15.3. The van der Waals surface area contributed by atoms with E-state index in [9.17, 15) is 33.9 Å². The molecule has 0 unspecified atom stereocenters. The van der Waals surface area contributed by atoms with E-state index in [2.05, 4.69) is 26.6 Å². The fourth-order valence-corrected chi connectivity index (χ4v) is 4.05. The highest BCUT2D eigenvalue weighted by atomic mass is 35.5. The Bertz CT molecular complexity index is 1070. The van der Waals surface area contributed by atoms with Crippen LogP contribution in [-0.2, 0) is 35.2 Å². The predicted octanol–water partition coefficient (Wildman–Crippen LogP) is -1.26. The second kappa shape index (κ2) is 20.2. The lowest BCUT2D eigenvalue weighted by atomic mass is 10.0. The summed E-state index contributed by atoms with van der Waals surface area (Å²) in [6.07, 6.45) is 1.58. The van der Waals surface area contributed by atoms with Gasteiger partial charge in [0.25, 0.3) is 0 Å². The van der Waals surface area contributed by atoms with E-state index in [-0.39, 0.29) is 31.1 Å². The molecule has 1 aromatic rings. The molecule has 0 heterocycles. The predicted molar refractivity (Wildman–Crippen MR) is 161 cm³/mol. The second-order valence-corrected chi connectivity index (χ2v) is 10.7. The molecular formula is C28H44ClN7O7. The van der Waals surface area contributed by atoms with Crippen LogP contribution in [0.2, 0.25) is 0 Å². The molecule has 0 aliphatic rings. The number of rotatable bonds is 20. The summed E-state index contributed by atoms with van der Waals surface area (Å²) >= 11 is 5.51. The van der Waals surface area contributed by atoms with Crippen molar-refractivity contribution < 1.29 is 33.9 Å². The van der Waals surface area contributed by atoms with E-state index >= 15 is 0 Å². The number of halogens is 1. The standard InChI is InChI=1S/C28H44ClN7O7/c1-17(2)12-21(26(40)35-20(28(42)43)10-6-7-11-30)36-27(41)22(13-18-8-4-3-5-9-18)34-24(38)16-32-23(37)15-33-25(39)19(31)14-29/h3-5,8-9,17,19-22H,6-7,10-16,30-31H2,1-2H3,(H,32,37)(H,33,39)(H,34,38)(H,35,40)(H,36,41)(H,42,43)/t19-,20-,21-,22-/m0/s1. The molecule has 1 aromatic carbocycles. The molecule has 15 heteroatoms. The van der Waals surface area contributed by atoms with Gasteiger partial charge in [0.15, 0.2) is 0 Å².